The predicted molar refractivity (Wildman–Crippen MR) is 80.0 cm³/mol. The van der Waals surface area contributed by atoms with Gasteiger partial charge in [-0.05, 0) is 36.8 Å². The van der Waals surface area contributed by atoms with Crippen LogP contribution in [0, 0.1) is 18.6 Å². The molecule has 2 aromatic carbocycles. The fourth-order valence-electron chi connectivity index (χ4n) is 2.29. The maximum absolute atomic E-state index is 13.9. The second kappa shape index (κ2) is 6.56. The van der Waals surface area contributed by atoms with E-state index in [1.165, 1.54) is 31.3 Å². The minimum atomic E-state index is -1.34. The number of carbonyl (C=O) groups excluding carboxylic acids is 1. The molecule has 4 nitrogen and oxygen atoms in total. The third-order valence-corrected chi connectivity index (χ3v) is 3.48. The predicted octanol–water partition coefficient (Wildman–Crippen LogP) is 3.17. The molecule has 0 spiro atoms. The van der Waals surface area contributed by atoms with E-state index in [1.807, 2.05) is 0 Å². The third kappa shape index (κ3) is 3.53. The van der Waals surface area contributed by atoms with Gasteiger partial charge in [0.05, 0.1) is 5.56 Å². The van der Waals surface area contributed by atoms with Crippen LogP contribution in [0.3, 0.4) is 0 Å². The molecule has 0 aliphatic heterocycles. The van der Waals surface area contributed by atoms with Crippen LogP contribution in [0.4, 0.5) is 8.78 Å². The minimum absolute atomic E-state index is 0.208. The first-order chi connectivity index (χ1) is 10.8. The molecule has 0 bridgehead atoms. The van der Waals surface area contributed by atoms with Gasteiger partial charge in [0.15, 0.2) is 6.04 Å². The summed E-state index contributed by atoms with van der Waals surface area (Å²) in [5.74, 6) is -3.30. The second-order valence-electron chi connectivity index (χ2n) is 5.19. The summed E-state index contributed by atoms with van der Waals surface area (Å²) in [5.41, 5.74) is 0.695. The fourth-order valence-corrected chi connectivity index (χ4v) is 2.29. The van der Waals surface area contributed by atoms with E-state index in [-0.39, 0.29) is 11.1 Å². The van der Waals surface area contributed by atoms with E-state index in [4.69, 9.17) is 0 Å². The van der Waals surface area contributed by atoms with Crippen LogP contribution in [-0.4, -0.2) is 28.9 Å². The van der Waals surface area contributed by atoms with Gasteiger partial charge in [-0.2, -0.15) is 0 Å². The van der Waals surface area contributed by atoms with Crippen LogP contribution in [0.15, 0.2) is 42.5 Å². The lowest BCUT2D eigenvalue weighted by Crippen LogP contribution is -2.36. The first kappa shape index (κ1) is 16.6. The standard InChI is InChI=1S/C17H15F2NO3/c1-10-3-8-14(19)13(9-10)16(21)20(2)15(17(22)23)11-4-6-12(18)7-5-11/h3-9,15H,1-2H3,(H,22,23). The molecule has 1 N–H and O–H groups in total. The topological polar surface area (TPSA) is 57.6 Å². The highest BCUT2D eigenvalue weighted by Gasteiger charge is 2.30. The van der Waals surface area contributed by atoms with Gasteiger partial charge in [-0.3, -0.25) is 4.79 Å². The summed E-state index contributed by atoms with van der Waals surface area (Å²) in [6.45, 7) is 1.70. The van der Waals surface area contributed by atoms with Crippen molar-refractivity contribution in [2.24, 2.45) is 0 Å². The largest absolute Gasteiger partial charge is 0.479 e. The number of nitrogens with zero attached hydrogens (tertiary/aromatic N) is 1. The van der Waals surface area contributed by atoms with E-state index in [0.29, 0.717) is 5.56 Å². The van der Waals surface area contributed by atoms with Gasteiger partial charge in [0.2, 0.25) is 0 Å². The van der Waals surface area contributed by atoms with Gasteiger partial charge in [0, 0.05) is 7.05 Å². The summed E-state index contributed by atoms with van der Waals surface area (Å²) in [4.78, 5) is 24.9. The highest BCUT2D eigenvalue weighted by atomic mass is 19.1. The smallest absolute Gasteiger partial charge is 0.331 e. The SMILES string of the molecule is Cc1ccc(F)c(C(=O)N(C)C(C(=O)O)c2ccc(F)cc2)c1. The number of halogens is 2. The molecule has 0 aliphatic carbocycles. The molecule has 1 unspecified atom stereocenters. The van der Waals surface area contributed by atoms with Crippen molar-refractivity contribution in [1.29, 1.82) is 0 Å². The first-order valence-electron chi connectivity index (χ1n) is 6.83. The molecule has 0 heterocycles. The zero-order valence-electron chi connectivity index (χ0n) is 12.6. The number of hydrogen-bond acceptors (Lipinski definition) is 2. The molecule has 2 rings (SSSR count). The molecule has 23 heavy (non-hydrogen) atoms. The van der Waals surface area contributed by atoms with Crippen molar-refractivity contribution in [3.05, 3.63) is 70.8 Å². The molecule has 0 fully saturated rings. The number of benzene rings is 2. The number of carboxylic acids is 1. The Balaban J connectivity index is 2.39. The lowest BCUT2D eigenvalue weighted by atomic mass is 10.0. The molecule has 1 amide bonds. The number of hydrogen-bond donors (Lipinski definition) is 1. The van der Waals surface area contributed by atoms with E-state index in [0.717, 1.165) is 23.1 Å². The zero-order chi connectivity index (χ0) is 17.1. The first-order valence-corrected chi connectivity index (χ1v) is 6.83. The van der Waals surface area contributed by atoms with Crippen molar-refractivity contribution >= 4 is 11.9 Å². The Bertz CT molecular complexity index is 744. The van der Waals surface area contributed by atoms with E-state index in [2.05, 4.69) is 0 Å². The molecular formula is C17H15F2NO3. The van der Waals surface area contributed by atoms with Gasteiger partial charge in [-0.1, -0.05) is 23.8 Å². The molecule has 0 aromatic heterocycles. The van der Waals surface area contributed by atoms with Gasteiger partial charge in [0.1, 0.15) is 11.6 Å². The van der Waals surface area contributed by atoms with Gasteiger partial charge in [-0.25, -0.2) is 13.6 Å². The fraction of sp³-hybridized carbons (Fsp3) is 0.176. The van der Waals surface area contributed by atoms with Gasteiger partial charge < -0.3 is 10.0 Å². The van der Waals surface area contributed by atoms with Crippen LogP contribution in [0.1, 0.15) is 27.5 Å². The summed E-state index contributed by atoms with van der Waals surface area (Å²) in [7, 11) is 1.27. The molecule has 120 valence electrons. The molecule has 0 radical (unpaired) electrons. The number of aryl methyl sites for hydroxylation is 1. The average molecular weight is 319 g/mol. The number of aliphatic carboxylic acids is 1. The quantitative estimate of drug-likeness (QED) is 0.941. The molecule has 6 heteroatoms. The van der Waals surface area contributed by atoms with Crippen molar-refractivity contribution in [3.8, 4) is 0 Å². The van der Waals surface area contributed by atoms with Crippen LogP contribution >= 0.6 is 0 Å². The number of rotatable bonds is 4. The monoisotopic (exact) mass is 319 g/mol. The lowest BCUT2D eigenvalue weighted by molar-refractivity contribution is -0.142. The van der Waals surface area contributed by atoms with E-state index < -0.39 is 29.6 Å². The molecule has 0 saturated heterocycles. The Kier molecular flexibility index (Phi) is 4.74. The van der Waals surface area contributed by atoms with Crippen molar-refractivity contribution in [2.45, 2.75) is 13.0 Å². The molecule has 1 atom stereocenters. The van der Waals surface area contributed by atoms with Crippen LogP contribution < -0.4 is 0 Å². The van der Waals surface area contributed by atoms with Crippen molar-refractivity contribution in [3.63, 3.8) is 0 Å². The van der Waals surface area contributed by atoms with Crippen molar-refractivity contribution in [1.82, 2.24) is 4.90 Å². The zero-order valence-corrected chi connectivity index (χ0v) is 12.6. The highest BCUT2D eigenvalue weighted by molar-refractivity contribution is 5.97. The number of carbonyl (C=O) groups is 2. The lowest BCUT2D eigenvalue weighted by Gasteiger charge is -2.25. The number of carboxylic acid groups (broad SMARTS) is 1. The molecule has 0 saturated carbocycles. The minimum Gasteiger partial charge on any atom is -0.479 e. The third-order valence-electron chi connectivity index (χ3n) is 3.48. The number of likely N-dealkylation sites (N-methyl/N-ethyl adjacent to an activating group) is 1. The molecule has 2 aromatic rings. The Morgan fingerprint density at radius 2 is 1.70 bits per heavy atom. The second-order valence-corrected chi connectivity index (χ2v) is 5.19. The summed E-state index contributed by atoms with van der Waals surface area (Å²) in [6, 6.07) is 7.47. The highest BCUT2D eigenvalue weighted by Crippen LogP contribution is 2.23. The van der Waals surface area contributed by atoms with Gasteiger partial charge in [-0.15, -0.1) is 0 Å². The average Bonchev–Trinajstić information content (AvgIpc) is 2.50. The van der Waals surface area contributed by atoms with E-state index in [9.17, 15) is 23.5 Å². The Labute approximate surface area is 132 Å². The van der Waals surface area contributed by atoms with Crippen LogP contribution in [0.5, 0.6) is 0 Å². The van der Waals surface area contributed by atoms with E-state index >= 15 is 0 Å². The van der Waals surface area contributed by atoms with Crippen molar-refractivity contribution in [2.75, 3.05) is 7.05 Å². The Morgan fingerprint density at radius 3 is 2.26 bits per heavy atom. The van der Waals surface area contributed by atoms with Crippen molar-refractivity contribution < 1.29 is 23.5 Å². The van der Waals surface area contributed by atoms with Crippen LogP contribution in [0.2, 0.25) is 0 Å². The maximum atomic E-state index is 13.9. The summed E-state index contributed by atoms with van der Waals surface area (Å²) < 4.78 is 26.9. The van der Waals surface area contributed by atoms with Crippen LogP contribution in [0.25, 0.3) is 0 Å². The molecule has 0 aliphatic rings. The normalized spacial score (nSPS) is 11.8. The summed E-state index contributed by atoms with van der Waals surface area (Å²) in [5, 5.41) is 9.40. The Hall–Kier alpha value is -2.76. The summed E-state index contributed by atoms with van der Waals surface area (Å²) >= 11 is 0. The molecular weight excluding hydrogens is 304 g/mol. The Morgan fingerprint density at radius 1 is 1.09 bits per heavy atom. The maximum Gasteiger partial charge on any atom is 0.331 e. The van der Waals surface area contributed by atoms with Crippen LogP contribution in [-0.2, 0) is 4.79 Å². The van der Waals surface area contributed by atoms with Gasteiger partial charge in [0.25, 0.3) is 5.91 Å². The summed E-state index contributed by atoms with van der Waals surface area (Å²) in [6.07, 6.45) is 0. The number of amides is 1. The van der Waals surface area contributed by atoms with E-state index in [1.54, 1.807) is 6.92 Å². The van der Waals surface area contributed by atoms with Gasteiger partial charge >= 0.3 is 5.97 Å².